The highest BCUT2D eigenvalue weighted by Crippen LogP contribution is 2.39. The van der Waals surface area contributed by atoms with Crippen LogP contribution in [0.3, 0.4) is 0 Å². The number of hydrogen-bond donors (Lipinski definition) is 1. The molecule has 0 amide bonds. The number of halogens is 3. The van der Waals surface area contributed by atoms with E-state index in [0.29, 0.717) is 18.8 Å². The molecule has 0 bridgehead atoms. The molecule has 100 valence electrons. The third kappa shape index (κ3) is 2.64. The Morgan fingerprint density at radius 3 is 2.72 bits per heavy atom. The summed E-state index contributed by atoms with van der Waals surface area (Å²) in [5.74, 6) is -0.669. The molecular formula is C13H15Cl2FO2. The minimum atomic E-state index is -1.22. The molecule has 0 aliphatic carbocycles. The summed E-state index contributed by atoms with van der Waals surface area (Å²) in [4.78, 5) is 0. The normalized spacial score (nSPS) is 23.7. The maximum atomic E-state index is 13.5. The van der Waals surface area contributed by atoms with E-state index in [1.54, 1.807) is 6.92 Å². The van der Waals surface area contributed by atoms with Crippen LogP contribution in [0.5, 0.6) is 0 Å². The quantitative estimate of drug-likeness (QED) is 0.841. The van der Waals surface area contributed by atoms with Crippen molar-refractivity contribution in [3.8, 4) is 0 Å². The van der Waals surface area contributed by atoms with Gasteiger partial charge in [0.2, 0.25) is 0 Å². The van der Waals surface area contributed by atoms with Crippen molar-refractivity contribution >= 4 is 23.2 Å². The van der Waals surface area contributed by atoms with Crippen molar-refractivity contribution < 1.29 is 14.2 Å². The topological polar surface area (TPSA) is 29.5 Å². The second-order valence-corrected chi connectivity index (χ2v) is 5.62. The summed E-state index contributed by atoms with van der Waals surface area (Å²) in [5.41, 5.74) is -0.857. The predicted octanol–water partition coefficient (Wildman–Crippen LogP) is 3.77. The first-order chi connectivity index (χ1) is 8.43. The van der Waals surface area contributed by atoms with Gasteiger partial charge in [0, 0.05) is 23.1 Å². The van der Waals surface area contributed by atoms with Crippen molar-refractivity contribution in [1.82, 2.24) is 0 Å². The minimum Gasteiger partial charge on any atom is -0.385 e. The molecule has 2 rings (SSSR count). The van der Waals surface area contributed by atoms with Gasteiger partial charge >= 0.3 is 0 Å². The van der Waals surface area contributed by atoms with Crippen molar-refractivity contribution in [3.63, 3.8) is 0 Å². The number of rotatable bonds is 2. The standard InChI is InChI=1S/C13H15Cl2FO2/c1-13(17,8-3-2-4-18-7-8)9-5-12(16)11(15)6-10(9)14/h5-6,8,17H,2-4,7H2,1H3. The fourth-order valence-electron chi connectivity index (χ4n) is 2.31. The van der Waals surface area contributed by atoms with Gasteiger partial charge < -0.3 is 9.84 Å². The highest BCUT2D eigenvalue weighted by Gasteiger charge is 2.37. The molecule has 1 aliphatic rings. The molecule has 0 aromatic heterocycles. The molecule has 0 saturated carbocycles. The van der Waals surface area contributed by atoms with E-state index in [4.69, 9.17) is 27.9 Å². The van der Waals surface area contributed by atoms with Gasteiger partial charge in [-0.05, 0) is 31.9 Å². The van der Waals surface area contributed by atoms with Crippen LogP contribution in [-0.4, -0.2) is 18.3 Å². The molecule has 2 atom stereocenters. The van der Waals surface area contributed by atoms with Gasteiger partial charge in [-0.3, -0.25) is 0 Å². The molecule has 5 heteroatoms. The maximum Gasteiger partial charge on any atom is 0.142 e. The van der Waals surface area contributed by atoms with Crippen molar-refractivity contribution in [3.05, 3.63) is 33.6 Å². The van der Waals surface area contributed by atoms with E-state index in [1.165, 1.54) is 12.1 Å². The van der Waals surface area contributed by atoms with E-state index in [2.05, 4.69) is 0 Å². The molecule has 1 fully saturated rings. The van der Waals surface area contributed by atoms with Gasteiger partial charge in [0.05, 0.1) is 17.2 Å². The fraction of sp³-hybridized carbons (Fsp3) is 0.538. The number of benzene rings is 1. The maximum absolute atomic E-state index is 13.5. The van der Waals surface area contributed by atoms with E-state index < -0.39 is 11.4 Å². The summed E-state index contributed by atoms with van der Waals surface area (Å²) < 4.78 is 18.9. The number of hydrogen-bond acceptors (Lipinski definition) is 2. The number of ether oxygens (including phenoxy) is 1. The first-order valence-electron chi connectivity index (χ1n) is 5.88. The van der Waals surface area contributed by atoms with Crippen LogP contribution < -0.4 is 0 Å². The summed E-state index contributed by atoms with van der Waals surface area (Å²) in [6.45, 7) is 2.80. The van der Waals surface area contributed by atoms with Gasteiger partial charge in [0.15, 0.2) is 0 Å². The van der Waals surface area contributed by atoms with Crippen molar-refractivity contribution in [2.24, 2.45) is 5.92 Å². The molecule has 1 N–H and O–H groups in total. The fourth-order valence-corrected chi connectivity index (χ4v) is 2.89. The Hall–Kier alpha value is -0.350. The average molecular weight is 293 g/mol. The molecule has 1 aromatic rings. The summed E-state index contributed by atoms with van der Waals surface area (Å²) in [6.07, 6.45) is 1.71. The molecule has 1 heterocycles. The van der Waals surface area contributed by atoms with Gasteiger partial charge in [-0.1, -0.05) is 23.2 Å². The lowest BCUT2D eigenvalue weighted by molar-refractivity contribution is -0.0724. The Balaban J connectivity index is 2.36. The first kappa shape index (κ1) is 14.1. The van der Waals surface area contributed by atoms with Crippen molar-refractivity contribution in [2.75, 3.05) is 13.2 Å². The Bertz CT molecular complexity index is 443. The molecule has 2 nitrogen and oxygen atoms in total. The molecular weight excluding hydrogens is 278 g/mol. The predicted molar refractivity (Wildman–Crippen MR) is 69.5 cm³/mol. The largest absolute Gasteiger partial charge is 0.385 e. The highest BCUT2D eigenvalue weighted by atomic mass is 35.5. The Labute approximate surface area is 116 Å². The molecule has 1 aliphatic heterocycles. The molecule has 1 saturated heterocycles. The van der Waals surface area contributed by atoms with Crippen LogP contribution in [-0.2, 0) is 10.3 Å². The Morgan fingerprint density at radius 2 is 2.11 bits per heavy atom. The van der Waals surface area contributed by atoms with Gasteiger partial charge in [-0.25, -0.2) is 4.39 Å². The smallest absolute Gasteiger partial charge is 0.142 e. The van der Waals surface area contributed by atoms with E-state index in [9.17, 15) is 9.50 Å². The van der Waals surface area contributed by atoms with Crippen molar-refractivity contribution in [2.45, 2.75) is 25.4 Å². The first-order valence-corrected chi connectivity index (χ1v) is 6.63. The zero-order chi connectivity index (χ0) is 13.3. The van der Waals surface area contributed by atoms with Crippen LogP contribution >= 0.6 is 23.2 Å². The van der Waals surface area contributed by atoms with Crippen molar-refractivity contribution in [1.29, 1.82) is 0 Å². The van der Waals surface area contributed by atoms with Gasteiger partial charge in [0.1, 0.15) is 5.82 Å². The van der Waals surface area contributed by atoms with Crippen LogP contribution in [0.4, 0.5) is 4.39 Å². The highest BCUT2D eigenvalue weighted by molar-refractivity contribution is 6.35. The van der Waals surface area contributed by atoms with Crippen LogP contribution in [0.15, 0.2) is 12.1 Å². The molecule has 2 unspecified atom stereocenters. The monoisotopic (exact) mass is 292 g/mol. The second-order valence-electron chi connectivity index (χ2n) is 4.81. The van der Waals surface area contributed by atoms with Gasteiger partial charge in [-0.15, -0.1) is 0 Å². The van der Waals surface area contributed by atoms with E-state index in [1.807, 2.05) is 0 Å². The SMILES string of the molecule is CC(O)(c1cc(F)c(Cl)cc1Cl)C1CCCOC1. The summed E-state index contributed by atoms with van der Waals surface area (Å²) >= 11 is 11.7. The molecule has 0 spiro atoms. The van der Waals surface area contributed by atoms with Gasteiger partial charge in [-0.2, -0.15) is 0 Å². The Kier molecular flexibility index (Phi) is 4.17. The van der Waals surface area contributed by atoms with Crippen LogP contribution in [0.1, 0.15) is 25.3 Å². The summed E-state index contributed by atoms with van der Waals surface area (Å²) in [6, 6.07) is 2.53. The lowest BCUT2D eigenvalue weighted by Gasteiger charge is -2.36. The summed E-state index contributed by atoms with van der Waals surface area (Å²) in [5, 5.41) is 10.9. The molecule has 1 aromatic carbocycles. The third-order valence-corrected chi connectivity index (χ3v) is 4.11. The average Bonchev–Trinajstić information content (AvgIpc) is 2.34. The van der Waals surface area contributed by atoms with E-state index in [0.717, 1.165) is 12.8 Å². The third-order valence-electron chi connectivity index (χ3n) is 3.51. The zero-order valence-electron chi connectivity index (χ0n) is 10.0. The molecule has 0 radical (unpaired) electrons. The number of aliphatic hydroxyl groups is 1. The Morgan fingerprint density at radius 1 is 1.39 bits per heavy atom. The minimum absolute atomic E-state index is 0.0422. The zero-order valence-corrected chi connectivity index (χ0v) is 11.6. The van der Waals surface area contributed by atoms with E-state index >= 15 is 0 Å². The van der Waals surface area contributed by atoms with Gasteiger partial charge in [0.25, 0.3) is 0 Å². The van der Waals surface area contributed by atoms with Crippen LogP contribution in [0.25, 0.3) is 0 Å². The lowest BCUT2D eigenvalue weighted by atomic mass is 9.80. The van der Waals surface area contributed by atoms with Crippen LogP contribution in [0, 0.1) is 11.7 Å². The van der Waals surface area contributed by atoms with Crippen LogP contribution in [0.2, 0.25) is 10.0 Å². The summed E-state index contributed by atoms with van der Waals surface area (Å²) in [7, 11) is 0. The lowest BCUT2D eigenvalue weighted by Crippen LogP contribution is -2.37. The second kappa shape index (κ2) is 5.33. The molecule has 18 heavy (non-hydrogen) atoms. The van der Waals surface area contributed by atoms with E-state index in [-0.39, 0.29) is 16.0 Å².